The van der Waals surface area contributed by atoms with Gasteiger partial charge in [-0.05, 0) is 52.3 Å². The predicted octanol–water partition coefficient (Wildman–Crippen LogP) is 4.23. The summed E-state index contributed by atoms with van der Waals surface area (Å²) in [5.74, 6) is 0.0494. The molecule has 140 valence electrons. The van der Waals surface area contributed by atoms with E-state index in [1.807, 2.05) is 67.6 Å². The zero-order valence-electron chi connectivity index (χ0n) is 16.8. The highest BCUT2D eigenvalue weighted by Gasteiger charge is 2.36. The minimum atomic E-state index is -0.696. The van der Waals surface area contributed by atoms with Gasteiger partial charge in [0, 0.05) is 18.6 Å². The highest BCUT2D eigenvalue weighted by molar-refractivity contribution is 5.91. The van der Waals surface area contributed by atoms with Gasteiger partial charge in [-0.1, -0.05) is 60.7 Å². The van der Waals surface area contributed by atoms with Gasteiger partial charge in [-0.2, -0.15) is 0 Å². The summed E-state index contributed by atoms with van der Waals surface area (Å²) < 4.78 is 0. The van der Waals surface area contributed by atoms with Crippen molar-refractivity contribution in [3.63, 3.8) is 0 Å². The Labute approximate surface area is 158 Å². The van der Waals surface area contributed by atoms with E-state index in [1.165, 1.54) is 0 Å². The molecule has 0 radical (unpaired) electrons. The summed E-state index contributed by atoms with van der Waals surface area (Å²) in [6.45, 7) is 10.2. The Morgan fingerprint density at radius 2 is 1.35 bits per heavy atom. The quantitative estimate of drug-likeness (QED) is 0.756. The predicted molar refractivity (Wildman–Crippen MR) is 109 cm³/mol. The van der Waals surface area contributed by atoms with Crippen LogP contribution in [0.1, 0.15) is 45.2 Å². The van der Waals surface area contributed by atoms with Gasteiger partial charge in [0.1, 0.15) is 0 Å². The fourth-order valence-electron chi connectivity index (χ4n) is 3.00. The highest BCUT2D eigenvalue weighted by atomic mass is 16.2. The molecular formula is C23H32N2O. The van der Waals surface area contributed by atoms with E-state index < -0.39 is 5.41 Å². The van der Waals surface area contributed by atoms with Crippen LogP contribution in [0.3, 0.4) is 0 Å². The topological polar surface area (TPSA) is 32.3 Å². The average Bonchev–Trinajstić information content (AvgIpc) is 2.64. The summed E-state index contributed by atoms with van der Waals surface area (Å²) in [5.41, 5.74) is 1.47. The zero-order chi connectivity index (χ0) is 19.2. The highest BCUT2D eigenvalue weighted by Crippen LogP contribution is 2.32. The molecule has 0 aliphatic rings. The Morgan fingerprint density at radius 3 is 1.77 bits per heavy atom. The van der Waals surface area contributed by atoms with Crippen molar-refractivity contribution in [2.45, 2.75) is 45.1 Å². The Bertz CT molecular complexity index is 650. The van der Waals surface area contributed by atoms with Crippen molar-refractivity contribution < 1.29 is 4.79 Å². The minimum Gasteiger partial charge on any atom is -0.355 e. The van der Waals surface area contributed by atoms with Crippen LogP contribution in [0.25, 0.3) is 0 Å². The molecule has 2 aromatic carbocycles. The largest absolute Gasteiger partial charge is 0.355 e. The van der Waals surface area contributed by atoms with Crippen LogP contribution >= 0.6 is 0 Å². The van der Waals surface area contributed by atoms with E-state index >= 15 is 0 Å². The number of benzene rings is 2. The Morgan fingerprint density at radius 1 is 0.885 bits per heavy atom. The number of rotatable bonds is 7. The molecule has 3 nitrogen and oxygen atoms in total. The first-order valence-electron chi connectivity index (χ1n) is 9.37. The van der Waals surface area contributed by atoms with Crippen molar-refractivity contribution in [1.29, 1.82) is 0 Å². The Balaban J connectivity index is 2.11. The molecule has 1 N–H and O–H groups in total. The van der Waals surface area contributed by atoms with E-state index in [-0.39, 0.29) is 11.4 Å². The van der Waals surface area contributed by atoms with E-state index in [0.717, 1.165) is 24.1 Å². The van der Waals surface area contributed by atoms with Crippen LogP contribution < -0.4 is 5.32 Å². The number of nitrogens with zero attached hydrogens (tertiary/aromatic N) is 1. The molecule has 0 unspecified atom stereocenters. The second-order valence-electron chi connectivity index (χ2n) is 8.06. The maximum atomic E-state index is 13.2. The molecule has 0 aromatic heterocycles. The minimum absolute atomic E-state index is 0.0494. The molecule has 3 heteroatoms. The van der Waals surface area contributed by atoms with Crippen molar-refractivity contribution in [1.82, 2.24) is 10.2 Å². The molecule has 26 heavy (non-hydrogen) atoms. The molecule has 0 aliphatic carbocycles. The van der Waals surface area contributed by atoms with E-state index in [4.69, 9.17) is 0 Å². The molecule has 2 aromatic rings. The third kappa shape index (κ3) is 4.73. The van der Waals surface area contributed by atoms with Crippen molar-refractivity contribution in [2.75, 3.05) is 20.1 Å². The smallest absolute Gasteiger partial charge is 0.234 e. The monoisotopic (exact) mass is 352 g/mol. The van der Waals surface area contributed by atoms with E-state index in [9.17, 15) is 4.79 Å². The van der Waals surface area contributed by atoms with Crippen molar-refractivity contribution in [2.24, 2.45) is 0 Å². The summed E-state index contributed by atoms with van der Waals surface area (Å²) in [6.07, 6.45) is 0.930. The zero-order valence-corrected chi connectivity index (χ0v) is 16.8. The molecule has 0 atom stereocenters. The van der Waals surface area contributed by atoms with Gasteiger partial charge in [0.05, 0.1) is 5.41 Å². The van der Waals surface area contributed by atoms with Gasteiger partial charge in [0.15, 0.2) is 0 Å². The number of carbonyl (C=O) groups is 1. The maximum Gasteiger partial charge on any atom is 0.234 e. The van der Waals surface area contributed by atoms with Gasteiger partial charge < -0.3 is 10.2 Å². The van der Waals surface area contributed by atoms with Gasteiger partial charge in [-0.15, -0.1) is 0 Å². The first-order chi connectivity index (χ1) is 12.3. The van der Waals surface area contributed by atoms with Gasteiger partial charge in [0.25, 0.3) is 0 Å². The van der Waals surface area contributed by atoms with Crippen LogP contribution in [-0.2, 0) is 10.2 Å². The van der Waals surface area contributed by atoms with Gasteiger partial charge >= 0.3 is 0 Å². The lowest BCUT2D eigenvalue weighted by atomic mass is 9.75. The molecule has 0 bridgehead atoms. The molecule has 0 spiro atoms. The molecule has 0 fully saturated rings. The number of amides is 1. The second-order valence-corrected chi connectivity index (χ2v) is 8.06. The summed E-state index contributed by atoms with van der Waals surface area (Å²) in [5, 5.41) is 3.16. The lowest BCUT2D eigenvalue weighted by molar-refractivity contribution is -0.124. The lowest BCUT2D eigenvalue weighted by Gasteiger charge is -2.32. The molecule has 2 rings (SSSR count). The van der Waals surface area contributed by atoms with Crippen molar-refractivity contribution in [3.8, 4) is 0 Å². The van der Waals surface area contributed by atoms with Crippen LogP contribution in [0.4, 0.5) is 0 Å². The molecular weight excluding hydrogens is 320 g/mol. The lowest BCUT2D eigenvalue weighted by Crippen LogP contribution is -2.44. The molecule has 0 saturated heterocycles. The first kappa shape index (κ1) is 20.2. The molecule has 0 saturated carbocycles. The van der Waals surface area contributed by atoms with Crippen LogP contribution in [0.2, 0.25) is 0 Å². The number of hydrogen-bond acceptors (Lipinski definition) is 2. The van der Waals surface area contributed by atoms with Crippen LogP contribution in [0.5, 0.6) is 0 Å². The number of nitrogens with one attached hydrogen (secondary N) is 1. The van der Waals surface area contributed by atoms with E-state index in [0.29, 0.717) is 6.54 Å². The van der Waals surface area contributed by atoms with Gasteiger partial charge in [-0.25, -0.2) is 0 Å². The van der Waals surface area contributed by atoms with Crippen molar-refractivity contribution >= 4 is 5.91 Å². The molecule has 0 aliphatic heterocycles. The van der Waals surface area contributed by atoms with Crippen LogP contribution in [-0.4, -0.2) is 36.5 Å². The Kier molecular flexibility index (Phi) is 6.60. The summed E-state index contributed by atoms with van der Waals surface area (Å²) >= 11 is 0. The molecule has 0 heterocycles. The second kappa shape index (κ2) is 8.50. The van der Waals surface area contributed by atoms with E-state index in [1.54, 1.807) is 0 Å². The fraction of sp³-hybridized carbons (Fsp3) is 0.435. The third-order valence-electron chi connectivity index (χ3n) is 5.26. The SMILES string of the molecule is CN(CCCNC(=O)C(C)(c1ccccc1)c1ccccc1)C(C)(C)C. The maximum absolute atomic E-state index is 13.2. The normalized spacial score (nSPS) is 12.2. The first-order valence-corrected chi connectivity index (χ1v) is 9.37. The standard InChI is InChI=1S/C23H32N2O/c1-22(2,3)25(5)18-12-17-24-21(26)23(4,19-13-8-6-9-14-19)20-15-10-7-11-16-20/h6-11,13-16H,12,17-18H2,1-5H3,(H,24,26). The number of hydrogen-bond donors (Lipinski definition) is 1. The number of carbonyl (C=O) groups excluding carboxylic acids is 1. The van der Waals surface area contributed by atoms with E-state index in [2.05, 4.69) is 38.0 Å². The third-order valence-corrected chi connectivity index (χ3v) is 5.26. The molecule has 1 amide bonds. The van der Waals surface area contributed by atoms with Crippen LogP contribution in [0, 0.1) is 0 Å². The van der Waals surface area contributed by atoms with Crippen molar-refractivity contribution in [3.05, 3.63) is 71.8 Å². The van der Waals surface area contributed by atoms with Gasteiger partial charge in [0.2, 0.25) is 5.91 Å². The summed E-state index contributed by atoms with van der Waals surface area (Å²) in [4.78, 5) is 15.5. The summed E-state index contributed by atoms with van der Waals surface area (Å²) in [7, 11) is 2.12. The van der Waals surface area contributed by atoms with Gasteiger partial charge in [-0.3, -0.25) is 4.79 Å². The van der Waals surface area contributed by atoms with Crippen LogP contribution in [0.15, 0.2) is 60.7 Å². The average molecular weight is 353 g/mol. The summed E-state index contributed by atoms with van der Waals surface area (Å²) in [6, 6.07) is 20.0. The Hall–Kier alpha value is -2.13. The fourth-order valence-corrected chi connectivity index (χ4v) is 3.00.